The number of nitrogens with two attached hydrogens (primary N) is 1. The van der Waals surface area contributed by atoms with Crippen LogP contribution < -0.4 is 5.73 Å². The molecule has 0 heterocycles. The molecule has 0 aliphatic heterocycles. The van der Waals surface area contributed by atoms with E-state index in [1.807, 2.05) is 25.1 Å². The summed E-state index contributed by atoms with van der Waals surface area (Å²) in [6.07, 6.45) is 0.721. The van der Waals surface area contributed by atoms with E-state index in [4.69, 9.17) is 28.9 Å². The largest absolute Gasteiger partial charge is 0.328 e. The van der Waals surface area contributed by atoms with Crippen LogP contribution in [0.15, 0.2) is 18.2 Å². The first-order chi connectivity index (χ1) is 5.61. The molecular weight excluding hydrogens is 193 g/mol. The minimum Gasteiger partial charge on any atom is -0.328 e. The summed E-state index contributed by atoms with van der Waals surface area (Å²) in [7, 11) is 0. The van der Waals surface area contributed by atoms with Crippen LogP contribution in [-0.4, -0.2) is 6.04 Å². The first-order valence-corrected chi connectivity index (χ1v) is 4.55. The molecule has 1 aromatic carbocycles. The Bertz CT molecular complexity index is 251. The molecule has 0 saturated carbocycles. The average Bonchev–Trinajstić information content (AvgIpc) is 1.97. The van der Waals surface area contributed by atoms with Gasteiger partial charge in [-0.1, -0.05) is 29.3 Å². The quantitative estimate of drug-likeness (QED) is 0.787. The summed E-state index contributed by atoms with van der Waals surface area (Å²) in [6.45, 7) is 1.93. The van der Waals surface area contributed by atoms with E-state index < -0.39 is 0 Å². The second-order valence-electron chi connectivity index (χ2n) is 2.88. The molecule has 0 saturated heterocycles. The fourth-order valence-electron chi connectivity index (χ4n) is 1.05. The van der Waals surface area contributed by atoms with Gasteiger partial charge in [-0.15, -0.1) is 0 Å². The van der Waals surface area contributed by atoms with Gasteiger partial charge in [0.15, 0.2) is 0 Å². The standard InChI is InChI=1S/C9H11Cl2N/c1-6(12)5-7-8(10)3-2-4-9(7)11/h2-4,6H,5,12H2,1H3/t6-/m1/s1. The lowest BCUT2D eigenvalue weighted by atomic mass is 10.1. The molecule has 0 bridgehead atoms. The Morgan fingerprint density at radius 1 is 1.33 bits per heavy atom. The van der Waals surface area contributed by atoms with Gasteiger partial charge in [0.05, 0.1) is 0 Å². The number of benzene rings is 1. The maximum Gasteiger partial charge on any atom is 0.0453 e. The smallest absolute Gasteiger partial charge is 0.0453 e. The van der Waals surface area contributed by atoms with Crippen LogP contribution in [0.2, 0.25) is 10.0 Å². The Morgan fingerprint density at radius 2 is 1.83 bits per heavy atom. The second kappa shape index (κ2) is 4.13. The van der Waals surface area contributed by atoms with Crippen molar-refractivity contribution in [1.29, 1.82) is 0 Å². The maximum absolute atomic E-state index is 5.93. The van der Waals surface area contributed by atoms with E-state index in [0.29, 0.717) is 10.0 Å². The van der Waals surface area contributed by atoms with Crippen LogP contribution in [0.25, 0.3) is 0 Å². The van der Waals surface area contributed by atoms with E-state index in [-0.39, 0.29) is 6.04 Å². The highest BCUT2D eigenvalue weighted by atomic mass is 35.5. The normalized spacial score (nSPS) is 13.0. The highest BCUT2D eigenvalue weighted by Crippen LogP contribution is 2.24. The SMILES string of the molecule is C[C@@H](N)Cc1c(Cl)cccc1Cl. The molecule has 1 aromatic rings. The van der Waals surface area contributed by atoms with E-state index in [0.717, 1.165) is 12.0 Å². The monoisotopic (exact) mass is 203 g/mol. The first-order valence-electron chi connectivity index (χ1n) is 3.79. The third-order valence-electron chi connectivity index (χ3n) is 1.59. The van der Waals surface area contributed by atoms with Crippen molar-refractivity contribution in [3.05, 3.63) is 33.8 Å². The molecule has 2 N–H and O–H groups in total. The van der Waals surface area contributed by atoms with Crippen molar-refractivity contribution in [2.24, 2.45) is 5.73 Å². The van der Waals surface area contributed by atoms with Gasteiger partial charge in [-0.05, 0) is 31.0 Å². The summed E-state index contributed by atoms with van der Waals surface area (Å²) >= 11 is 11.9. The first kappa shape index (κ1) is 9.85. The van der Waals surface area contributed by atoms with Gasteiger partial charge in [0.1, 0.15) is 0 Å². The molecule has 0 fully saturated rings. The molecule has 66 valence electrons. The predicted molar refractivity (Wildman–Crippen MR) is 53.8 cm³/mol. The summed E-state index contributed by atoms with van der Waals surface area (Å²) in [5.74, 6) is 0. The zero-order chi connectivity index (χ0) is 9.14. The zero-order valence-corrected chi connectivity index (χ0v) is 8.36. The molecule has 0 unspecified atom stereocenters. The van der Waals surface area contributed by atoms with E-state index in [2.05, 4.69) is 0 Å². The minimum absolute atomic E-state index is 0.0856. The molecule has 0 amide bonds. The van der Waals surface area contributed by atoms with E-state index in [9.17, 15) is 0 Å². The molecule has 1 rings (SSSR count). The number of rotatable bonds is 2. The molecule has 0 aromatic heterocycles. The fourth-order valence-corrected chi connectivity index (χ4v) is 1.60. The van der Waals surface area contributed by atoms with Crippen molar-refractivity contribution < 1.29 is 0 Å². The van der Waals surface area contributed by atoms with Gasteiger partial charge in [0.2, 0.25) is 0 Å². The predicted octanol–water partition coefficient (Wildman–Crippen LogP) is 2.88. The third-order valence-corrected chi connectivity index (χ3v) is 2.30. The average molecular weight is 204 g/mol. The number of halogens is 2. The van der Waals surface area contributed by atoms with Crippen LogP contribution in [0, 0.1) is 0 Å². The summed E-state index contributed by atoms with van der Waals surface area (Å²) in [5, 5.41) is 1.39. The molecule has 3 heteroatoms. The molecule has 1 atom stereocenters. The molecule has 0 spiro atoms. The number of hydrogen-bond donors (Lipinski definition) is 1. The van der Waals surface area contributed by atoms with Gasteiger partial charge in [-0.2, -0.15) is 0 Å². The third kappa shape index (κ3) is 2.37. The van der Waals surface area contributed by atoms with Crippen LogP contribution in [0.1, 0.15) is 12.5 Å². The van der Waals surface area contributed by atoms with Crippen molar-refractivity contribution >= 4 is 23.2 Å². The van der Waals surface area contributed by atoms with Crippen LogP contribution in [0.3, 0.4) is 0 Å². The van der Waals surface area contributed by atoms with Crippen molar-refractivity contribution in [2.45, 2.75) is 19.4 Å². The van der Waals surface area contributed by atoms with E-state index >= 15 is 0 Å². The molecule has 1 nitrogen and oxygen atoms in total. The Balaban J connectivity index is 2.96. The molecule has 0 aliphatic rings. The topological polar surface area (TPSA) is 26.0 Å². The Hall–Kier alpha value is -0.240. The molecular formula is C9H11Cl2N. The van der Waals surface area contributed by atoms with Crippen LogP contribution in [-0.2, 0) is 6.42 Å². The highest BCUT2D eigenvalue weighted by molar-refractivity contribution is 6.35. The summed E-state index contributed by atoms with van der Waals surface area (Å²) in [5.41, 5.74) is 6.59. The Morgan fingerprint density at radius 3 is 2.25 bits per heavy atom. The van der Waals surface area contributed by atoms with Gasteiger partial charge in [0.25, 0.3) is 0 Å². The lowest BCUT2D eigenvalue weighted by Crippen LogP contribution is -2.18. The lowest BCUT2D eigenvalue weighted by Gasteiger charge is -2.08. The lowest BCUT2D eigenvalue weighted by molar-refractivity contribution is 0.738. The molecule has 0 aliphatic carbocycles. The fraction of sp³-hybridized carbons (Fsp3) is 0.333. The molecule has 12 heavy (non-hydrogen) atoms. The van der Waals surface area contributed by atoms with Crippen LogP contribution in [0.5, 0.6) is 0 Å². The summed E-state index contributed by atoms with van der Waals surface area (Å²) in [6, 6.07) is 5.56. The maximum atomic E-state index is 5.93. The van der Waals surface area contributed by atoms with Crippen molar-refractivity contribution in [2.75, 3.05) is 0 Å². The van der Waals surface area contributed by atoms with Gasteiger partial charge in [-0.3, -0.25) is 0 Å². The Labute approximate surface area is 82.5 Å². The summed E-state index contributed by atoms with van der Waals surface area (Å²) < 4.78 is 0. The molecule has 0 radical (unpaired) electrons. The summed E-state index contributed by atoms with van der Waals surface area (Å²) in [4.78, 5) is 0. The highest BCUT2D eigenvalue weighted by Gasteiger charge is 2.06. The number of hydrogen-bond acceptors (Lipinski definition) is 1. The van der Waals surface area contributed by atoms with Crippen molar-refractivity contribution in [1.82, 2.24) is 0 Å². The van der Waals surface area contributed by atoms with Crippen LogP contribution in [0.4, 0.5) is 0 Å². The van der Waals surface area contributed by atoms with Gasteiger partial charge < -0.3 is 5.73 Å². The Kier molecular flexibility index (Phi) is 3.39. The van der Waals surface area contributed by atoms with Gasteiger partial charge in [-0.25, -0.2) is 0 Å². The minimum atomic E-state index is 0.0856. The van der Waals surface area contributed by atoms with E-state index in [1.54, 1.807) is 0 Å². The van der Waals surface area contributed by atoms with Gasteiger partial charge in [0, 0.05) is 16.1 Å². The van der Waals surface area contributed by atoms with Crippen LogP contribution >= 0.6 is 23.2 Å². The van der Waals surface area contributed by atoms with E-state index in [1.165, 1.54) is 0 Å². The van der Waals surface area contributed by atoms with Gasteiger partial charge >= 0.3 is 0 Å². The zero-order valence-electron chi connectivity index (χ0n) is 6.85. The van der Waals surface area contributed by atoms with Crippen molar-refractivity contribution in [3.8, 4) is 0 Å². The second-order valence-corrected chi connectivity index (χ2v) is 3.70. The van der Waals surface area contributed by atoms with Crippen molar-refractivity contribution in [3.63, 3.8) is 0 Å².